The van der Waals surface area contributed by atoms with E-state index in [1.54, 1.807) is 11.9 Å². The summed E-state index contributed by atoms with van der Waals surface area (Å²) in [6.07, 6.45) is 3.28. The lowest BCUT2D eigenvalue weighted by molar-refractivity contribution is 0.0253. The van der Waals surface area contributed by atoms with E-state index >= 15 is 0 Å². The number of carbonyl (C=O) groups is 1. The molecule has 1 saturated carbocycles. The molecule has 0 aromatic carbocycles. The number of nitrogens with one attached hydrogen (secondary N) is 2. The Morgan fingerprint density at radius 2 is 1.95 bits per heavy atom. The molecular formula is C16H32N4O2. The van der Waals surface area contributed by atoms with Crippen LogP contribution in [0.5, 0.6) is 0 Å². The number of hydrogen-bond acceptors (Lipinski definition) is 3. The maximum absolute atomic E-state index is 12.1. The third-order valence-corrected chi connectivity index (χ3v) is 3.30. The molecule has 0 spiro atoms. The second kappa shape index (κ2) is 8.86. The van der Waals surface area contributed by atoms with E-state index in [0.29, 0.717) is 19.6 Å². The van der Waals surface area contributed by atoms with Gasteiger partial charge in [-0.2, -0.15) is 0 Å². The van der Waals surface area contributed by atoms with Crippen LogP contribution in [-0.2, 0) is 4.74 Å². The summed E-state index contributed by atoms with van der Waals surface area (Å²) in [5, 5.41) is 6.56. The Morgan fingerprint density at radius 1 is 1.27 bits per heavy atom. The van der Waals surface area contributed by atoms with Crippen molar-refractivity contribution < 1.29 is 9.53 Å². The Bertz CT molecular complexity index is 373. The Kier molecular flexibility index (Phi) is 7.48. The van der Waals surface area contributed by atoms with E-state index < -0.39 is 5.60 Å². The summed E-state index contributed by atoms with van der Waals surface area (Å²) in [7, 11) is 1.76. The SMILES string of the molecule is CCCN(CCNC(=NC)NCC1CC1)C(=O)OC(C)(C)C. The highest BCUT2D eigenvalue weighted by Crippen LogP contribution is 2.27. The third kappa shape index (κ3) is 8.10. The number of ether oxygens (including phenoxy) is 1. The second-order valence-electron chi connectivity index (χ2n) is 6.79. The van der Waals surface area contributed by atoms with Gasteiger partial charge in [-0.3, -0.25) is 4.99 Å². The molecule has 6 nitrogen and oxygen atoms in total. The van der Waals surface area contributed by atoms with Crippen molar-refractivity contribution in [2.45, 2.75) is 52.6 Å². The predicted octanol–water partition coefficient (Wildman–Crippen LogP) is 2.21. The van der Waals surface area contributed by atoms with Crippen LogP contribution in [0.2, 0.25) is 0 Å². The summed E-state index contributed by atoms with van der Waals surface area (Å²) in [5.41, 5.74) is -0.460. The van der Waals surface area contributed by atoms with E-state index in [2.05, 4.69) is 22.5 Å². The minimum atomic E-state index is -0.460. The number of aliphatic imine (C=N–C) groups is 1. The van der Waals surface area contributed by atoms with Crippen LogP contribution < -0.4 is 10.6 Å². The lowest BCUT2D eigenvalue weighted by atomic mass is 10.2. The van der Waals surface area contributed by atoms with Gasteiger partial charge < -0.3 is 20.3 Å². The van der Waals surface area contributed by atoms with Crippen LogP contribution in [-0.4, -0.2) is 55.8 Å². The first kappa shape index (κ1) is 18.6. The molecule has 0 unspecified atom stereocenters. The number of nitrogens with zero attached hydrogens (tertiary/aromatic N) is 2. The van der Waals surface area contributed by atoms with Crippen LogP contribution in [0.3, 0.4) is 0 Å². The fourth-order valence-corrected chi connectivity index (χ4v) is 1.98. The zero-order valence-electron chi connectivity index (χ0n) is 14.7. The molecule has 6 heteroatoms. The van der Waals surface area contributed by atoms with Gasteiger partial charge in [0, 0.05) is 33.2 Å². The third-order valence-electron chi connectivity index (χ3n) is 3.30. The molecule has 0 radical (unpaired) electrons. The minimum Gasteiger partial charge on any atom is -0.444 e. The molecule has 0 aromatic rings. The van der Waals surface area contributed by atoms with E-state index in [-0.39, 0.29) is 6.09 Å². The van der Waals surface area contributed by atoms with Crippen molar-refractivity contribution in [2.24, 2.45) is 10.9 Å². The first-order valence-corrected chi connectivity index (χ1v) is 8.28. The average molecular weight is 312 g/mol. The van der Waals surface area contributed by atoms with Gasteiger partial charge in [0.05, 0.1) is 0 Å². The van der Waals surface area contributed by atoms with Gasteiger partial charge in [-0.15, -0.1) is 0 Å². The maximum Gasteiger partial charge on any atom is 0.410 e. The second-order valence-corrected chi connectivity index (χ2v) is 6.79. The Balaban J connectivity index is 2.33. The highest BCUT2D eigenvalue weighted by Gasteiger charge is 2.22. The Hall–Kier alpha value is -1.46. The first-order chi connectivity index (χ1) is 10.4. The Labute approximate surface area is 134 Å². The van der Waals surface area contributed by atoms with Crippen LogP contribution in [0.1, 0.15) is 47.0 Å². The van der Waals surface area contributed by atoms with Gasteiger partial charge in [-0.25, -0.2) is 4.79 Å². The smallest absolute Gasteiger partial charge is 0.410 e. The molecule has 0 aromatic heterocycles. The Morgan fingerprint density at radius 3 is 2.45 bits per heavy atom. The van der Waals surface area contributed by atoms with Gasteiger partial charge in [0.15, 0.2) is 5.96 Å². The molecule has 0 aliphatic heterocycles. The molecule has 1 fully saturated rings. The largest absolute Gasteiger partial charge is 0.444 e. The molecular weight excluding hydrogens is 280 g/mol. The van der Waals surface area contributed by atoms with Crippen LogP contribution in [0.25, 0.3) is 0 Å². The van der Waals surface area contributed by atoms with Crippen LogP contribution in [0.4, 0.5) is 4.79 Å². The van der Waals surface area contributed by atoms with E-state index in [1.807, 2.05) is 20.8 Å². The fraction of sp³-hybridized carbons (Fsp3) is 0.875. The number of rotatable bonds is 7. The molecule has 0 saturated heterocycles. The van der Waals surface area contributed by atoms with Crippen molar-refractivity contribution in [3.63, 3.8) is 0 Å². The number of amides is 1. The summed E-state index contributed by atoms with van der Waals surface area (Å²) >= 11 is 0. The van der Waals surface area contributed by atoms with Crippen LogP contribution >= 0.6 is 0 Å². The minimum absolute atomic E-state index is 0.253. The first-order valence-electron chi connectivity index (χ1n) is 8.28. The molecule has 0 bridgehead atoms. The molecule has 0 heterocycles. The summed E-state index contributed by atoms with van der Waals surface area (Å²) in [4.78, 5) is 18.1. The van der Waals surface area contributed by atoms with Gasteiger partial charge in [-0.05, 0) is 46.0 Å². The van der Waals surface area contributed by atoms with Crippen molar-refractivity contribution in [2.75, 3.05) is 33.2 Å². The maximum atomic E-state index is 12.1. The van der Waals surface area contributed by atoms with Crippen molar-refractivity contribution in [1.82, 2.24) is 15.5 Å². The summed E-state index contributed by atoms with van der Waals surface area (Å²) in [6, 6.07) is 0. The molecule has 0 atom stereocenters. The van der Waals surface area contributed by atoms with Gasteiger partial charge in [0.1, 0.15) is 5.60 Å². The number of hydrogen-bond donors (Lipinski definition) is 2. The van der Waals surface area contributed by atoms with E-state index in [1.165, 1.54) is 12.8 Å². The van der Waals surface area contributed by atoms with Gasteiger partial charge in [0.25, 0.3) is 0 Å². The molecule has 2 N–H and O–H groups in total. The zero-order chi connectivity index (χ0) is 16.6. The monoisotopic (exact) mass is 312 g/mol. The summed E-state index contributed by atoms with van der Waals surface area (Å²) < 4.78 is 5.44. The molecule has 128 valence electrons. The number of guanidine groups is 1. The highest BCUT2D eigenvalue weighted by atomic mass is 16.6. The highest BCUT2D eigenvalue weighted by molar-refractivity contribution is 5.79. The van der Waals surface area contributed by atoms with Crippen molar-refractivity contribution in [3.8, 4) is 0 Å². The van der Waals surface area contributed by atoms with E-state index in [0.717, 1.165) is 24.8 Å². The van der Waals surface area contributed by atoms with Gasteiger partial charge >= 0.3 is 6.09 Å². The molecule has 1 aliphatic rings. The molecule has 1 rings (SSSR count). The quantitative estimate of drug-likeness (QED) is 0.559. The molecule has 1 amide bonds. The summed E-state index contributed by atoms with van der Waals surface area (Å²) in [5.74, 6) is 1.60. The predicted molar refractivity (Wildman–Crippen MR) is 90.2 cm³/mol. The van der Waals surface area contributed by atoms with Gasteiger partial charge in [0.2, 0.25) is 0 Å². The molecule has 1 aliphatic carbocycles. The fourth-order valence-electron chi connectivity index (χ4n) is 1.98. The van der Waals surface area contributed by atoms with E-state index in [4.69, 9.17) is 4.74 Å². The standard InChI is InChI=1S/C16H32N4O2/c1-6-10-20(15(21)22-16(2,3)4)11-9-18-14(17-5)19-12-13-7-8-13/h13H,6-12H2,1-5H3,(H2,17,18,19). The lowest BCUT2D eigenvalue weighted by Gasteiger charge is -2.27. The number of carbonyl (C=O) groups excluding carboxylic acids is 1. The van der Waals surface area contributed by atoms with Crippen molar-refractivity contribution in [3.05, 3.63) is 0 Å². The van der Waals surface area contributed by atoms with Crippen molar-refractivity contribution >= 4 is 12.1 Å². The zero-order valence-corrected chi connectivity index (χ0v) is 14.7. The van der Waals surface area contributed by atoms with Crippen molar-refractivity contribution in [1.29, 1.82) is 0 Å². The normalized spacial score (nSPS) is 15.4. The molecule has 22 heavy (non-hydrogen) atoms. The van der Waals surface area contributed by atoms with Crippen LogP contribution in [0.15, 0.2) is 4.99 Å². The lowest BCUT2D eigenvalue weighted by Crippen LogP contribution is -2.45. The van der Waals surface area contributed by atoms with Crippen LogP contribution in [0, 0.1) is 5.92 Å². The van der Waals surface area contributed by atoms with Gasteiger partial charge in [-0.1, -0.05) is 6.92 Å². The summed E-state index contributed by atoms with van der Waals surface area (Å²) in [6.45, 7) is 10.7. The van der Waals surface area contributed by atoms with E-state index in [9.17, 15) is 4.79 Å². The topological polar surface area (TPSA) is 66.0 Å². The average Bonchev–Trinajstić information content (AvgIpc) is 3.23.